The summed E-state index contributed by atoms with van der Waals surface area (Å²) >= 11 is 0. The van der Waals surface area contributed by atoms with Crippen LogP contribution in [0.2, 0.25) is 0 Å². The number of nitrogens with one attached hydrogen (secondary N) is 1. The molecule has 1 aromatic carbocycles. The molecule has 1 fully saturated rings. The molecule has 27 heavy (non-hydrogen) atoms. The Kier molecular flexibility index (Phi) is 4.21. The van der Waals surface area contributed by atoms with Crippen molar-refractivity contribution in [3.8, 4) is 0 Å². The summed E-state index contributed by atoms with van der Waals surface area (Å²) < 4.78 is 24.5. The van der Waals surface area contributed by atoms with Gasteiger partial charge in [-0.3, -0.25) is 9.69 Å². The van der Waals surface area contributed by atoms with E-state index in [0.717, 1.165) is 5.56 Å². The number of amides is 2. The first-order valence-corrected chi connectivity index (χ1v) is 8.59. The molecule has 1 N–H and O–H groups in total. The number of allylic oxidation sites excluding steroid dienone is 1. The topological polar surface area (TPSA) is 88.2 Å². The summed E-state index contributed by atoms with van der Waals surface area (Å²) in [5, 5.41) is 2.52. The Labute approximate surface area is 154 Å². The third-order valence-electron chi connectivity index (χ3n) is 5.03. The molecule has 1 saturated heterocycles. The van der Waals surface area contributed by atoms with Gasteiger partial charge in [0, 0.05) is 25.2 Å². The molecule has 2 atom stereocenters. The lowest BCUT2D eigenvalue weighted by Gasteiger charge is -2.24. The van der Waals surface area contributed by atoms with Crippen molar-refractivity contribution in [2.45, 2.75) is 25.0 Å². The van der Waals surface area contributed by atoms with E-state index >= 15 is 0 Å². The highest BCUT2D eigenvalue weighted by Crippen LogP contribution is 2.41. The summed E-state index contributed by atoms with van der Waals surface area (Å²) in [6.45, 7) is 0.520. The van der Waals surface area contributed by atoms with Crippen molar-refractivity contribution in [1.82, 2.24) is 5.32 Å². The molecule has 0 aromatic heterocycles. The summed E-state index contributed by atoms with van der Waals surface area (Å²) in [5.41, 5.74) is 1.67. The number of ether oxygens (including phenoxy) is 2. The molecular weight excluding hydrogens is 357 g/mol. The highest BCUT2D eigenvalue weighted by Gasteiger charge is 2.48. The van der Waals surface area contributed by atoms with Crippen LogP contribution in [0.3, 0.4) is 0 Å². The number of benzene rings is 1. The van der Waals surface area contributed by atoms with Gasteiger partial charge in [-0.2, -0.15) is 0 Å². The van der Waals surface area contributed by atoms with Crippen LogP contribution in [0.15, 0.2) is 24.4 Å². The normalized spacial score (nSPS) is 23.2. The van der Waals surface area contributed by atoms with E-state index in [0.29, 0.717) is 30.8 Å². The van der Waals surface area contributed by atoms with E-state index in [4.69, 9.17) is 4.74 Å². The fourth-order valence-electron chi connectivity index (χ4n) is 3.69. The summed E-state index contributed by atoms with van der Waals surface area (Å²) in [6, 6.07) is 2.71. The first-order chi connectivity index (χ1) is 13.0. The van der Waals surface area contributed by atoms with Crippen molar-refractivity contribution >= 4 is 29.3 Å². The summed E-state index contributed by atoms with van der Waals surface area (Å²) in [7, 11) is 1.25. The Hall–Kier alpha value is -3.10. The second-order valence-corrected chi connectivity index (χ2v) is 6.59. The van der Waals surface area contributed by atoms with Gasteiger partial charge in [0.05, 0.1) is 31.1 Å². The van der Waals surface area contributed by atoms with Crippen molar-refractivity contribution < 1.29 is 28.2 Å². The summed E-state index contributed by atoms with van der Waals surface area (Å²) in [6.07, 6.45) is 2.09. The zero-order chi connectivity index (χ0) is 19.1. The van der Waals surface area contributed by atoms with Gasteiger partial charge in [-0.25, -0.2) is 14.0 Å². The molecule has 3 aliphatic rings. The van der Waals surface area contributed by atoms with Crippen LogP contribution in [0.4, 0.5) is 25.4 Å². The Morgan fingerprint density at radius 1 is 1.37 bits per heavy atom. The molecule has 8 nitrogen and oxygen atoms in total. The summed E-state index contributed by atoms with van der Waals surface area (Å²) in [4.78, 5) is 38.0. The largest absolute Gasteiger partial charge is 0.453 e. The number of carbonyl (C=O) groups excluding carboxylic acids is 3. The lowest BCUT2D eigenvalue weighted by molar-refractivity contribution is -0.114. The molecule has 0 radical (unpaired) electrons. The number of carbonyl (C=O) groups is 3. The smallest absolute Gasteiger partial charge is 0.415 e. The standard InChI is InChI=1S/C18H18FN3O5/c1-26-17(24)20-9-16-15-7-10-6-14(21-4-2-11(23)3-5-21)12(19)8-13(10)22(15)18(25)27-16/h2,4,6,8,15-16H,3,5,7,9H2,1H3,(H,20,24)/t15-,16?/m0/s1. The van der Waals surface area contributed by atoms with Crippen LogP contribution in [0.25, 0.3) is 0 Å². The molecule has 4 rings (SSSR count). The second kappa shape index (κ2) is 6.57. The maximum absolute atomic E-state index is 14.7. The number of alkyl carbamates (subject to hydrolysis) is 1. The van der Waals surface area contributed by atoms with Gasteiger partial charge in [-0.1, -0.05) is 0 Å². The Bertz CT molecular complexity index is 856. The fraction of sp³-hybridized carbons (Fsp3) is 0.389. The predicted octanol–water partition coefficient (Wildman–Crippen LogP) is 1.72. The molecule has 1 unspecified atom stereocenters. The highest BCUT2D eigenvalue weighted by atomic mass is 19.1. The fourth-order valence-corrected chi connectivity index (χ4v) is 3.69. The molecule has 0 bridgehead atoms. The molecule has 0 aliphatic carbocycles. The number of cyclic esters (lactones) is 1. The Morgan fingerprint density at radius 3 is 2.89 bits per heavy atom. The van der Waals surface area contributed by atoms with Crippen LogP contribution in [0.1, 0.15) is 12.0 Å². The first-order valence-electron chi connectivity index (χ1n) is 8.59. The zero-order valence-corrected chi connectivity index (χ0v) is 14.6. The number of nitrogens with zero attached hydrogens (tertiary/aromatic N) is 2. The van der Waals surface area contributed by atoms with Crippen LogP contribution in [-0.2, 0) is 20.7 Å². The first kappa shape index (κ1) is 17.3. The number of ketones is 1. The minimum absolute atomic E-state index is 0.0113. The summed E-state index contributed by atoms with van der Waals surface area (Å²) in [5.74, 6) is -0.463. The zero-order valence-electron chi connectivity index (χ0n) is 14.6. The molecule has 9 heteroatoms. The van der Waals surface area contributed by atoms with Crippen LogP contribution in [0, 0.1) is 5.82 Å². The molecule has 1 aromatic rings. The van der Waals surface area contributed by atoms with Crippen LogP contribution < -0.4 is 15.1 Å². The van der Waals surface area contributed by atoms with Crippen LogP contribution >= 0.6 is 0 Å². The van der Waals surface area contributed by atoms with E-state index < -0.39 is 24.1 Å². The van der Waals surface area contributed by atoms with E-state index in [1.165, 1.54) is 24.2 Å². The Morgan fingerprint density at radius 2 is 2.19 bits per heavy atom. The second-order valence-electron chi connectivity index (χ2n) is 6.59. The number of hydrogen-bond donors (Lipinski definition) is 1. The monoisotopic (exact) mass is 375 g/mol. The minimum Gasteiger partial charge on any atom is -0.453 e. The molecular formula is C18H18FN3O5. The average molecular weight is 375 g/mol. The molecule has 0 spiro atoms. The quantitative estimate of drug-likeness (QED) is 0.866. The number of fused-ring (bicyclic) bond motifs is 3. The maximum Gasteiger partial charge on any atom is 0.415 e. The van der Waals surface area contributed by atoms with Crippen LogP contribution in [-0.4, -0.2) is 50.3 Å². The van der Waals surface area contributed by atoms with E-state index in [-0.39, 0.29) is 18.4 Å². The Balaban J connectivity index is 1.58. The third-order valence-corrected chi connectivity index (χ3v) is 5.03. The van der Waals surface area contributed by atoms with Crippen molar-refractivity contribution in [2.75, 3.05) is 30.0 Å². The average Bonchev–Trinajstić information content (AvgIpc) is 3.17. The lowest BCUT2D eigenvalue weighted by Crippen LogP contribution is -2.40. The van der Waals surface area contributed by atoms with Crippen molar-refractivity contribution in [3.05, 3.63) is 35.8 Å². The van der Waals surface area contributed by atoms with E-state index in [1.54, 1.807) is 17.2 Å². The van der Waals surface area contributed by atoms with E-state index in [1.807, 2.05) is 0 Å². The molecule has 142 valence electrons. The predicted molar refractivity (Wildman–Crippen MR) is 93.2 cm³/mol. The minimum atomic E-state index is -0.611. The van der Waals surface area contributed by atoms with Crippen molar-refractivity contribution in [2.24, 2.45) is 0 Å². The number of rotatable bonds is 3. The van der Waals surface area contributed by atoms with Gasteiger partial charge in [-0.15, -0.1) is 0 Å². The molecule has 3 aliphatic heterocycles. The number of hydrogen-bond acceptors (Lipinski definition) is 6. The molecule has 2 amide bonds. The molecule has 3 heterocycles. The van der Waals surface area contributed by atoms with Crippen molar-refractivity contribution in [1.29, 1.82) is 0 Å². The van der Waals surface area contributed by atoms with Gasteiger partial charge in [-0.05, 0) is 24.1 Å². The highest BCUT2D eigenvalue weighted by molar-refractivity contribution is 5.95. The molecule has 0 saturated carbocycles. The number of anilines is 2. The lowest BCUT2D eigenvalue weighted by atomic mass is 10.0. The third kappa shape index (κ3) is 2.98. The van der Waals surface area contributed by atoms with Gasteiger partial charge >= 0.3 is 12.2 Å². The number of methoxy groups -OCH3 is 1. The van der Waals surface area contributed by atoms with Gasteiger partial charge in [0.2, 0.25) is 0 Å². The van der Waals surface area contributed by atoms with Gasteiger partial charge < -0.3 is 19.7 Å². The van der Waals surface area contributed by atoms with Gasteiger partial charge in [0.25, 0.3) is 0 Å². The van der Waals surface area contributed by atoms with E-state index in [2.05, 4.69) is 10.1 Å². The van der Waals surface area contributed by atoms with Crippen molar-refractivity contribution in [3.63, 3.8) is 0 Å². The van der Waals surface area contributed by atoms with Gasteiger partial charge in [0.1, 0.15) is 11.9 Å². The SMILES string of the molecule is COC(=O)NCC1OC(=O)N2c3cc(F)c(N4C=CC(=O)CC4)cc3C[C@@H]12. The van der Waals surface area contributed by atoms with Gasteiger partial charge in [0.15, 0.2) is 5.78 Å². The van der Waals surface area contributed by atoms with E-state index in [9.17, 15) is 18.8 Å². The maximum atomic E-state index is 14.7. The van der Waals surface area contributed by atoms with Crippen LogP contribution in [0.5, 0.6) is 0 Å². The number of halogens is 1.